The fourth-order valence-electron chi connectivity index (χ4n) is 4.11. The van der Waals surface area contributed by atoms with Crippen molar-refractivity contribution in [1.82, 2.24) is 9.80 Å². The molecule has 0 spiro atoms. The lowest BCUT2D eigenvalue weighted by molar-refractivity contribution is 0.0725. The summed E-state index contributed by atoms with van der Waals surface area (Å²) in [5, 5.41) is 10.6. The molecule has 6 nitrogen and oxygen atoms in total. The maximum atomic E-state index is 13.5. The van der Waals surface area contributed by atoms with Crippen molar-refractivity contribution in [2.75, 3.05) is 33.8 Å². The predicted octanol–water partition coefficient (Wildman–Crippen LogP) is 5.05. The van der Waals surface area contributed by atoms with Crippen LogP contribution in [0.4, 0.5) is 8.78 Å². The van der Waals surface area contributed by atoms with Gasteiger partial charge < -0.3 is 24.4 Å². The van der Waals surface area contributed by atoms with Crippen LogP contribution in [0.25, 0.3) is 0 Å². The van der Waals surface area contributed by atoms with E-state index in [4.69, 9.17) is 9.47 Å². The fraction of sp³-hybridized carbons (Fsp3) is 0.321. The molecule has 0 aliphatic carbocycles. The minimum atomic E-state index is -2.81. The van der Waals surface area contributed by atoms with Gasteiger partial charge in [-0.05, 0) is 61.5 Å². The van der Waals surface area contributed by atoms with E-state index in [-0.39, 0.29) is 17.9 Å². The van der Waals surface area contributed by atoms with Gasteiger partial charge in [0.1, 0.15) is 36.0 Å². The molecule has 0 saturated carbocycles. The molecule has 1 heterocycles. The van der Waals surface area contributed by atoms with Crippen molar-refractivity contribution in [2.24, 2.45) is 0 Å². The highest BCUT2D eigenvalue weighted by Gasteiger charge is 2.28. The van der Waals surface area contributed by atoms with Crippen LogP contribution in [-0.2, 0) is 19.6 Å². The summed E-state index contributed by atoms with van der Waals surface area (Å²) in [6.45, 7) is 2.21. The van der Waals surface area contributed by atoms with Crippen molar-refractivity contribution in [3.63, 3.8) is 0 Å². The average molecular weight is 497 g/mol. The van der Waals surface area contributed by atoms with Gasteiger partial charge >= 0.3 is 0 Å². The number of ether oxygens (including phenoxy) is 2. The molecule has 190 valence electrons. The van der Waals surface area contributed by atoms with Crippen molar-refractivity contribution in [1.29, 1.82) is 0 Å². The van der Waals surface area contributed by atoms with Crippen LogP contribution in [0.2, 0.25) is 0 Å². The number of hydrogen-bond donors (Lipinski definition) is 1. The van der Waals surface area contributed by atoms with Crippen molar-refractivity contribution in [2.45, 2.75) is 26.0 Å². The first-order valence-electron chi connectivity index (χ1n) is 11.8. The molecule has 0 aromatic heterocycles. The molecular formula is C28H30F2N2O4. The molecule has 0 fully saturated rings. The third-order valence-electron chi connectivity index (χ3n) is 6.09. The SMILES string of the molecule is CN(C)CCOc1ccc2c(c1)CCN(C(=O)c1c(O)cc(C(F)F)cc1OCc1ccccc1)C2. The Hall–Kier alpha value is -3.65. The number of aromatic hydroxyl groups is 1. The van der Waals surface area contributed by atoms with E-state index >= 15 is 0 Å². The second kappa shape index (κ2) is 11.4. The lowest BCUT2D eigenvalue weighted by Crippen LogP contribution is -2.36. The van der Waals surface area contributed by atoms with Gasteiger partial charge in [-0.1, -0.05) is 36.4 Å². The number of carbonyl (C=O) groups is 1. The van der Waals surface area contributed by atoms with Gasteiger partial charge in [0.05, 0.1) is 0 Å². The van der Waals surface area contributed by atoms with E-state index in [9.17, 15) is 18.7 Å². The Kier molecular flexibility index (Phi) is 8.05. The Morgan fingerprint density at radius 3 is 2.56 bits per heavy atom. The highest BCUT2D eigenvalue weighted by atomic mass is 19.3. The van der Waals surface area contributed by atoms with Crippen LogP contribution in [0.15, 0.2) is 60.7 Å². The van der Waals surface area contributed by atoms with Gasteiger partial charge in [0.15, 0.2) is 0 Å². The summed E-state index contributed by atoms with van der Waals surface area (Å²) >= 11 is 0. The summed E-state index contributed by atoms with van der Waals surface area (Å²) < 4.78 is 38.4. The Labute approximate surface area is 209 Å². The van der Waals surface area contributed by atoms with Crippen molar-refractivity contribution in [3.8, 4) is 17.2 Å². The second-order valence-corrected chi connectivity index (χ2v) is 9.05. The zero-order chi connectivity index (χ0) is 25.7. The molecule has 0 bridgehead atoms. The summed E-state index contributed by atoms with van der Waals surface area (Å²) in [6.07, 6.45) is -2.20. The summed E-state index contributed by atoms with van der Waals surface area (Å²) in [6, 6.07) is 17.1. The van der Waals surface area contributed by atoms with E-state index in [1.54, 1.807) is 4.90 Å². The van der Waals surface area contributed by atoms with Crippen LogP contribution in [0.1, 0.15) is 39.0 Å². The molecule has 0 atom stereocenters. The van der Waals surface area contributed by atoms with Crippen LogP contribution >= 0.6 is 0 Å². The second-order valence-electron chi connectivity index (χ2n) is 9.05. The number of phenols is 1. The smallest absolute Gasteiger partial charge is 0.264 e. The van der Waals surface area contributed by atoms with Crippen LogP contribution in [0.3, 0.4) is 0 Å². The number of phenolic OH excluding ortho intramolecular Hbond substituents is 1. The summed E-state index contributed by atoms with van der Waals surface area (Å²) in [4.78, 5) is 17.1. The Morgan fingerprint density at radius 1 is 1.06 bits per heavy atom. The van der Waals surface area contributed by atoms with E-state index in [0.29, 0.717) is 26.1 Å². The highest BCUT2D eigenvalue weighted by molar-refractivity contribution is 6.00. The lowest BCUT2D eigenvalue weighted by Gasteiger charge is -2.30. The van der Waals surface area contributed by atoms with Gasteiger partial charge in [0, 0.05) is 25.2 Å². The van der Waals surface area contributed by atoms with E-state index in [1.807, 2.05) is 67.5 Å². The summed E-state index contributed by atoms with van der Waals surface area (Å²) in [7, 11) is 3.97. The maximum Gasteiger partial charge on any atom is 0.264 e. The third-order valence-corrected chi connectivity index (χ3v) is 6.09. The molecule has 36 heavy (non-hydrogen) atoms. The Morgan fingerprint density at radius 2 is 1.83 bits per heavy atom. The Balaban J connectivity index is 1.53. The van der Waals surface area contributed by atoms with Crippen molar-refractivity contribution in [3.05, 3.63) is 88.5 Å². The largest absolute Gasteiger partial charge is 0.507 e. The number of benzene rings is 3. The van der Waals surface area contributed by atoms with Gasteiger partial charge in [0.2, 0.25) is 0 Å². The molecule has 3 aromatic carbocycles. The lowest BCUT2D eigenvalue weighted by atomic mass is 9.98. The molecule has 0 saturated heterocycles. The van der Waals surface area contributed by atoms with E-state index in [0.717, 1.165) is 41.1 Å². The van der Waals surface area contributed by atoms with E-state index in [1.165, 1.54) is 0 Å². The third kappa shape index (κ3) is 6.12. The number of likely N-dealkylation sites (N-methyl/N-ethyl adjacent to an activating group) is 1. The number of nitrogens with zero attached hydrogens (tertiary/aromatic N) is 2. The van der Waals surface area contributed by atoms with Crippen LogP contribution in [0, 0.1) is 0 Å². The van der Waals surface area contributed by atoms with Crippen molar-refractivity contribution >= 4 is 5.91 Å². The van der Waals surface area contributed by atoms with Crippen LogP contribution in [-0.4, -0.2) is 54.6 Å². The van der Waals surface area contributed by atoms with E-state index in [2.05, 4.69) is 0 Å². The molecule has 1 aliphatic rings. The maximum absolute atomic E-state index is 13.5. The fourth-order valence-corrected chi connectivity index (χ4v) is 4.11. The van der Waals surface area contributed by atoms with Gasteiger partial charge in [-0.3, -0.25) is 4.79 Å². The number of amides is 1. The number of rotatable bonds is 9. The molecule has 4 rings (SSSR count). The van der Waals surface area contributed by atoms with E-state index < -0.39 is 23.6 Å². The molecule has 1 N–H and O–H groups in total. The first-order valence-corrected chi connectivity index (χ1v) is 11.8. The van der Waals surface area contributed by atoms with Crippen LogP contribution < -0.4 is 9.47 Å². The van der Waals surface area contributed by atoms with Gasteiger partial charge in [-0.2, -0.15) is 0 Å². The van der Waals surface area contributed by atoms with Gasteiger partial charge in [-0.25, -0.2) is 8.78 Å². The molecule has 8 heteroatoms. The summed E-state index contributed by atoms with van der Waals surface area (Å²) in [5.74, 6) is -0.258. The average Bonchev–Trinajstić information content (AvgIpc) is 2.86. The molecule has 1 amide bonds. The molecule has 1 aliphatic heterocycles. The quantitative estimate of drug-likeness (QED) is 0.449. The highest BCUT2D eigenvalue weighted by Crippen LogP contribution is 2.36. The normalized spacial score (nSPS) is 13.1. The number of fused-ring (bicyclic) bond motifs is 1. The zero-order valence-corrected chi connectivity index (χ0v) is 20.4. The van der Waals surface area contributed by atoms with Crippen molar-refractivity contribution < 1.29 is 28.2 Å². The molecule has 0 unspecified atom stereocenters. The standard InChI is InChI=1S/C28H30F2N2O4/c1-31(2)12-13-35-23-9-8-21-17-32(11-10-20(21)14-23)28(34)26-24(33)15-22(27(29)30)16-25(26)36-18-19-6-4-3-5-7-19/h3-9,14-16,27,33H,10-13,17-18H2,1-2H3. The monoisotopic (exact) mass is 496 g/mol. The molecule has 3 aromatic rings. The zero-order valence-electron chi connectivity index (χ0n) is 20.4. The molecular weight excluding hydrogens is 466 g/mol. The first kappa shape index (κ1) is 25.4. The summed E-state index contributed by atoms with van der Waals surface area (Å²) in [5.41, 5.74) is 2.37. The van der Waals surface area contributed by atoms with Gasteiger partial charge in [-0.15, -0.1) is 0 Å². The number of alkyl halides is 2. The number of carbonyl (C=O) groups excluding carboxylic acids is 1. The predicted molar refractivity (Wildman–Crippen MR) is 133 cm³/mol. The molecule has 0 radical (unpaired) electrons. The number of halogens is 2. The first-order chi connectivity index (χ1) is 17.3. The topological polar surface area (TPSA) is 62.2 Å². The minimum Gasteiger partial charge on any atom is -0.507 e. The van der Waals surface area contributed by atoms with Crippen LogP contribution in [0.5, 0.6) is 17.2 Å². The van der Waals surface area contributed by atoms with Gasteiger partial charge in [0.25, 0.3) is 12.3 Å². The Bertz CT molecular complexity index is 1200. The number of hydrogen-bond acceptors (Lipinski definition) is 5. The minimum absolute atomic E-state index is 0.0606.